The minimum absolute atomic E-state index is 0.342. The van der Waals surface area contributed by atoms with Crippen LogP contribution in [-0.4, -0.2) is 58.7 Å². The summed E-state index contributed by atoms with van der Waals surface area (Å²) in [7, 11) is 0. The average Bonchev–Trinajstić information content (AvgIpc) is 2.60. The number of nitrogens with zero attached hydrogens (tertiary/aromatic N) is 3. The monoisotopic (exact) mass is 267 g/mol. The molecular formula is C16H33N3. The summed E-state index contributed by atoms with van der Waals surface area (Å²) in [5, 5.41) is 0. The maximum Gasteiger partial charge on any atom is 0.0525 e. The molecule has 19 heavy (non-hydrogen) atoms. The Kier molecular flexibility index (Phi) is 4.91. The summed E-state index contributed by atoms with van der Waals surface area (Å²) in [4.78, 5) is 8.06. The van der Waals surface area contributed by atoms with Gasteiger partial charge >= 0.3 is 0 Å². The Balaban J connectivity index is 2.04. The van der Waals surface area contributed by atoms with E-state index < -0.39 is 0 Å². The molecule has 0 radical (unpaired) electrons. The predicted molar refractivity (Wildman–Crippen MR) is 82.1 cm³/mol. The molecule has 2 heterocycles. The first-order valence-corrected chi connectivity index (χ1v) is 8.17. The van der Waals surface area contributed by atoms with Crippen molar-refractivity contribution in [1.82, 2.24) is 14.7 Å². The van der Waals surface area contributed by atoms with Gasteiger partial charge in [-0.05, 0) is 59.9 Å². The van der Waals surface area contributed by atoms with Crippen LogP contribution in [0.4, 0.5) is 0 Å². The maximum atomic E-state index is 2.73. The molecule has 1 atom stereocenters. The van der Waals surface area contributed by atoms with Crippen molar-refractivity contribution in [2.75, 3.05) is 26.4 Å². The molecule has 2 aliphatic heterocycles. The molecule has 112 valence electrons. The van der Waals surface area contributed by atoms with Gasteiger partial charge in [0.1, 0.15) is 0 Å². The summed E-state index contributed by atoms with van der Waals surface area (Å²) in [5.41, 5.74) is 0.342. The number of fused-ring (bicyclic) bond motifs is 1. The van der Waals surface area contributed by atoms with E-state index in [1.165, 1.54) is 45.4 Å². The highest BCUT2D eigenvalue weighted by Crippen LogP contribution is 2.27. The van der Waals surface area contributed by atoms with Crippen molar-refractivity contribution in [3.63, 3.8) is 0 Å². The summed E-state index contributed by atoms with van der Waals surface area (Å²) >= 11 is 0. The molecule has 0 spiro atoms. The van der Waals surface area contributed by atoms with E-state index in [2.05, 4.69) is 49.3 Å². The average molecular weight is 267 g/mol. The fraction of sp³-hybridized carbons (Fsp3) is 1.00. The fourth-order valence-corrected chi connectivity index (χ4v) is 3.35. The summed E-state index contributed by atoms with van der Waals surface area (Å²) in [6.07, 6.45) is 5.35. The Morgan fingerprint density at radius 1 is 1.11 bits per heavy atom. The topological polar surface area (TPSA) is 9.72 Å². The van der Waals surface area contributed by atoms with E-state index >= 15 is 0 Å². The quantitative estimate of drug-likeness (QED) is 0.778. The van der Waals surface area contributed by atoms with E-state index in [0.717, 1.165) is 12.7 Å². The summed E-state index contributed by atoms with van der Waals surface area (Å²) in [5.74, 6) is 0. The zero-order chi connectivity index (χ0) is 14.0. The molecule has 0 amide bonds. The van der Waals surface area contributed by atoms with Crippen LogP contribution in [0.25, 0.3) is 0 Å². The van der Waals surface area contributed by atoms with Crippen LogP contribution < -0.4 is 0 Å². The van der Waals surface area contributed by atoms with Crippen LogP contribution in [0.1, 0.15) is 60.3 Å². The first-order valence-electron chi connectivity index (χ1n) is 8.17. The molecular weight excluding hydrogens is 234 g/mol. The van der Waals surface area contributed by atoms with Gasteiger partial charge in [-0.3, -0.25) is 14.7 Å². The minimum Gasteiger partial charge on any atom is -0.288 e. The van der Waals surface area contributed by atoms with Crippen LogP contribution in [0.3, 0.4) is 0 Å². The molecule has 3 heteroatoms. The third kappa shape index (κ3) is 3.50. The van der Waals surface area contributed by atoms with Gasteiger partial charge in [0.25, 0.3) is 0 Å². The molecule has 0 saturated carbocycles. The van der Waals surface area contributed by atoms with Gasteiger partial charge in [-0.2, -0.15) is 0 Å². The first-order chi connectivity index (χ1) is 8.94. The van der Waals surface area contributed by atoms with Crippen LogP contribution in [-0.2, 0) is 0 Å². The van der Waals surface area contributed by atoms with Gasteiger partial charge in [-0.25, -0.2) is 0 Å². The maximum absolute atomic E-state index is 2.73. The third-order valence-corrected chi connectivity index (χ3v) is 5.40. The van der Waals surface area contributed by atoms with E-state index in [4.69, 9.17) is 0 Å². The SMILES string of the molecule is CCC(C)(C)N1CCCC2CCN(C(C)C)CN2C1. The number of rotatable bonds is 3. The number of hydrogen-bond donors (Lipinski definition) is 0. The molecule has 0 aliphatic carbocycles. The summed E-state index contributed by atoms with van der Waals surface area (Å²) in [6, 6.07) is 1.50. The second-order valence-electron chi connectivity index (χ2n) is 7.29. The van der Waals surface area contributed by atoms with Gasteiger partial charge < -0.3 is 0 Å². The van der Waals surface area contributed by atoms with Crippen LogP contribution in [0.15, 0.2) is 0 Å². The van der Waals surface area contributed by atoms with E-state index in [9.17, 15) is 0 Å². The summed E-state index contributed by atoms with van der Waals surface area (Å²) < 4.78 is 0. The highest BCUT2D eigenvalue weighted by Gasteiger charge is 2.34. The molecule has 0 bridgehead atoms. The molecule has 0 aromatic rings. The van der Waals surface area contributed by atoms with Crippen LogP contribution in [0.2, 0.25) is 0 Å². The van der Waals surface area contributed by atoms with Crippen molar-refractivity contribution in [3.8, 4) is 0 Å². The molecule has 1 unspecified atom stereocenters. The van der Waals surface area contributed by atoms with Crippen molar-refractivity contribution in [3.05, 3.63) is 0 Å². The van der Waals surface area contributed by atoms with Gasteiger partial charge in [-0.15, -0.1) is 0 Å². The Hall–Kier alpha value is -0.120. The lowest BCUT2D eigenvalue weighted by Gasteiger charge is -2.46. The normalized spacial score (nSPS) is 28.4. The first kappa shape index (κ1) is 15.3. The summed E-state index contributed by atoms with van der Waals surface area (Å²) in [6.45, 7) is 16.7. The van der Waals surface area contributed by atoms with Crippen molar-refractivity contribution >= 4 is 0 Å². The zero-order valence-corrected chi connectivity index (χ0v) is 13.7. The lowest BCUT2D eigenvalue weighted by molar-refractivity contribution is -0.0265. The minimum atomic E-state index is 0.342. The highest BCUT2D eigenvalue weighted by molar-refractivity contribution is 4.87. The molecule has 0 aromatic carbocycles. The standard InChI is InChI=1S/C16H33N3/c1-6-16(4,5)19-10-7-8-15-9-11-17(14(2)3)12-18(15)13-19/h14-15H,6-13H2,1-5H3. The van der Waals surface area contributed by atoms with E-state index in [1.54, 1.807) is 0 Å². The van der Waals surface area contributed by atoms with Gasteiger partial charge in [0, 0.05) is 24.2 Å². The number of hydrogen-bond acceptors (Lipinski definition) is 3. The lowest BCUT2D eigenvalue weighted by Crippen LogP contribution is -2.56. The lowest BCUT2D eigenvalue weighted by atomic mass is 9.99. The molecule has 0 N–H and O–H groups in total. The Morgan fingerprint density at radius 2 is 1.84 bits per heavy atom. The molecule has 3 nitrogen and oxygen atoms in total. The van der Waals surface area contributed by atoms with E-state index in [1.807, 2.05) is 0 Å². The largest absolute Gasteiger partial charge is 0.288 e. The molecule has 0 aromatic heterocycles. The Labute approximate surface area is 119 Å². The van der Waals surface area contributed by atoms with E-state index in [-0.39, 0.29) is 0 Å². The molecule has 2 fully saturated rings. The van der Waals surface area contributed by atoms with Crippen LogP contribution >= 0.6 is 0 Å². The van der Waals surface area contributed by atoms with Crippen LogP contribution in [0, 0.1) is 0 Å². The van der Waals surface area contributed by atoms with Gasteiger partial charge in [0.15, 0.2) is 0 Å². The van der Waals surface area contributed by atoms with Gasteiger partial charge in [0.2, 0.25) is 0 Å². The van der Waals surface area contributed by atoms with Crippen molar-refractivity contribution in [1.29, 1.82) is 0 Å². The molecule has 2 rings (SSSR count). The predicted octanol–water partition coefficient (Wildman–Crippen LogP) is 2.97. The highest BCUT2D eigenvalue weighted by atomic mass is 15.4. The van der Waals surface area contributed by atoms with Crippen molar-refractivity contribution in [2.45, 2.75) is 77.9 Å². The second-order valence-corrected chi connectivity index (χ2v) is 7.29. The Bertz CT molecular complexity index is 288. The Morgan fingerprint density at radius 3 is 2.47 bits per heavy atom. The molecule has 2 saturated heterocycles. The zero-order valence-electron chi connectivity index (χ0n) is 13.7. The van der Waals surface area contributed by atoms with Crippen LogP contribution in [0.5, 0.6) is 0 Å². The van der Waals surface area contributed by atoms with Crippen molar-refractivity contribution in [2.24, 2.45) is 0 Å². The van der Waals surface area contributed by atoms with E-state index in [0.29, 0.717) is 11.6 Å². The fourth-order valence-electron chi connectivity index (χ4n) is 3.35. The molecule has 2 aliphatic rings. The smallest absolute Gasteiger partial charge is 0.0525 e. The third-order valence-electron chi connectivity index (χ3n) is 5.40. The van der Waals surface area contributed by atoms with Gasteiger partial charge in [0.05, 0.1) is 13.3 Å². The second kappa shape index (κ2) is 6.11. The van der Waals surface area contributed by atoms with Crippen molar-refractivity contribution < 1.29 is 0 Å². The van der Waals surface area contributed by atoms with Gasteiger partial charge in [-0.1, -0.05) is 6.92 Å².